The Morgan fingerprint density at radius 2 is 1.67 bits per heavy atom. The average molecular weight is 312 g/mol. The Hall–Kier alpha value is -1.99. The van der Waals surface area contributed by atoms with Crippen molar-refractivity contribution in [1.82, 2.24) is 4.72 Å². The quantitative estimate of drug-likeness (QED) is 0.892. The van der Waals surface area contributed by atoms with E-state index in [-0.39, 0.29) is 11.4 Å². The van der Waals surface area contributed by atoms with Gasteiger partial charge in [0.25, 0.3) is 0 Å². The molecule has 0 aliphatic heterocycles. The van der Waals surface area contributed by atoms with Crippen molar-refractivity contribution < 1.29 is 17.2 Å². The molecule has 0 bridgehead atoms. The Morgan fingerprint density at radius 1 is 1.00 bits per heavy atom. The molecule has 0 radical (unpaired) electrons. The van der Waals surface area contributed by atoms with Crippen LogP contribution in [0.5, 0.6) is 0 Å². The molecule has 0 fully saturated rings. The molecule has 4 nitrogen and oxygen atoms in total. The first kappa shape index (κ1) is 15.4. The van der Waals surface area contributed by atoms with Gasteiger partial charge in [-0.25, -0.2) is 21.9 Å². The Kier molecular flexibility index (Phi) is 4.54. The lowest BCUT2D eigenvalue weighted by molar-refractivity contribution is 0.506. The monoisotopic (exact) mass is 312 g/mol. The van der Waals surface area contributed by atoms with Crippen molar-refractivity contribution in [3.8, 4) is 0 Å². The second kappa shape index (κ2) is 6.19. The number of anilines is 1. The smallest absolute Gasteiger partial charge is 0.240 e. The number of sulfonamides is 1. The van der Waals surface area contributed by atoms with E-state index in [9.17, 15) is 17.2 Å². The SMILES string of the molecule is CNc1ccc(S(=O)(=O)NCc2ccc(F)c(F)c2)cc1. The molecule has 0 unspecified atom stereocenters. The summed E-state index contributed by atoms with van der Waals surface area (Å²) in [5.41, 5.74) is 1.12. The van der Waals surface area contributed by atoms with Gasteiger partial charge in [0.1, 0.15) is 0 Å². The maximum absolute atomic E-state index is 13.0. The summed E-state index contributed by atoms with van der Waals surface area (Å²) in [5, 5.41) is 2.88. The van der Waals surface area contributed by atoms with Gasteiger partial charge in [-0.1, -0.05) is 6.07 Å². The maximum atomic E-state index is 13.0. The summed E-state index contributed by atoms with van der Waals surface area (Å²) in [4.78, 5) is 0.101. The molecule has 112 valence electrons. The Morgan fingerprint density at radius 3 is 2.24 bits per heavy atom. The van der Waals surface area contributed by atoms with Gasteiger partial charge in [0.15, 0.2) is 11.6 Å². The third-order valence-electron chi connectivity index (χ3n) is 2.90. The molecule has 2 N–H and O–H groups in total. The molecule has 2 rings (SSSR count). The highest BCUT2D eigenvalue weighted by molar-refractivity contribution is 7.89. The summed E-state index contributed by atoms with van der Waals surface area (Å²) in [6.07, 6.45) is 0. The second-order valence-corrected chi connectivity index (χ2v) is 6.11. The van der Waals surface area contributed by atoms with E-state index < -0.39 is 21.7 Å². The molecule has 0 heterocycles. The minimum Gasteiger partial charge on any atom is -0.388 e. The maximum Gasteiger partial charge on any atom is 0.240 e. The zero-order valence-corrected chi connectivity index (χ0v) is 12.0. The van der Waals surface area contributed by atoms with Gasteiger partial charge in [0, 0.05) is 19.3 Å². The van der Waals surface area contributed by atoms with Crippen LogP contribution in [-0.2, 0) is 16.6 Å². The van der Waals surface area contributed by atoms with E-state index in [1.54, 1.807) is 19.2 Å². The van der Waals surface area contributed by atoms with Crippen molar-refractivity contribution in [2.45, 2.75) is 11.4 Å². The van der Waals surface area contributed by atoms with Crippen LogP contribution < -0.4 is 10.0 Å². The molecule has 0 spiro atoms. The minimum absolute atomic E-state index is 0.101. The summed E-state index contributed by atoms with van der Waals surface area (Å²) in [7, 11) is -1.97. The van der Waals surface area contributed by atoms with Gasteiger partial charge in [0.2, 0.25) is 10.0 Å². The standard InChI is InChI=1S/C14H14F2N2O2S/c1-17-11-3-5-12(6-4-11)21(19,20)18-9-10-2-7-13(15)14(16)8-10/h2-8,17-18H,9H2,1H3. The lowest BCUT2D eigenvalue weighted by Gasteiger charge is -2.08. The zero-order chi connectivity index (χ0) is 15.5. The number of hydrogen-bond acceptors (Lipinski definition) is 3. The highest BCUT2D eigenvalue weighted by Gasteiger charge is 2.14. The Labute approximate surface area is 121 Å². The van der Waals surface area contributed by atoms with Gasteiger partial charge < -0.3 is 5.32 Å². The highest BCUT2D eigenvalue weighted by Crippen LogP contribution is 2.14. The lowest BCUT2D eigenvalue weighted by Crippen LogP contribution is -2.23. The average Bonchev–Trinajstić information content (AvgIpc) is 2.48. The van der Waals surface area contributed by atoms with Crippen LogP contribution in [0.3, 0.4) is 0 Å². The minimum atomic E-state index is -3.70. The lowest BCUT2D eigenvalue weighted by atomic mass is 10.2. The summed E-state index contributed by atoms with van der Waals surface area (Å²) >= 11 is 0. The molecule has 0 aliphatic rings. The number of benzene rings is 2. The molecule has 7 heteroatoms. The van der Waals surface area contributed by atoms with Crippen molar-refractivity contribution in [1.29, 1.82) is 0 Å². The van der Waals surface area contributed by atoms with Crippen LogP contribution in [0.25, 0.3) is 0 Å². The summed E-state index contributed by atoms with van der Waals surface area (Å²) < 4.78 is 52.3. The fraction of sp³-hybridized carbons (Fsp3) is 0.143. The highest BCUT2D eigenvalue weighted by atomic mass is 32.2. The van der Waals surface area contributed by atoms with Gasteiger partial charge >= 0.3 is 0 Å². The van der Waals surface area contributed by atoms with Gasteiger partial charge in [0.05, 0.1) is 4.90 Å². The first-order valence-electron chi connectivity index (χ1n) is 6.14. The van der Waals surface area contributed by atoms with Crippen LogP contribution in [0.4, 0.5) is 14.5 Å². The van der Waals surface area contributed by atoms with E-state index in [2.05, 4.69) is 10.0 Å². The van der Waals surface area contributed by atoms with Crippen LogP contribution in [0.1, 0.15) is 5.56 Å². The van der Waals surface area contributed by atoms with Gasteiger partial charge in [-0.3, -0.25) is 0 Å². The molecule has 2 aromatic rings. The molecule has 0 atom stereocenters. The Balaban J connectivity index is 2.11. The largest absolute Gasteiger partial charge is 0.388 e. The fourth-order valence-electron chi connectivity index (χ4n) is 1.71. The molecular weight excluding hydrogens is 298 g/mol. The predicted octanol–water partition coefficient (Wildman–Crippen LogP) is 2.49. The third kappa shape index (κ3) is 3.77. The molecular formula is C14H14F2N2O2S. The number of halogens is 2. The summed E-state index contributed by atoms with van der Waals surface area (Å²) in [6.45, 7) is -0.118. The van der Waals surface area contributed by atoms with Crippen molar-refractivity contribution >= 4 is 15.7 Å². The summed E-state index contributed by atoms with van der Waals surface area (Å²) in [5.74, 6) is -1.98. The molecule has 0 saturated heterocycles. The van der Waals surface area contributed by atoms with E-state index >= 15 is 0 Å². The van der Waals surface area contributed by atoms with Crippen LogP contribution in [-0.4, -0.2) is 15.5 Å². The van der Waals surface area contributed by atoms with E-state index in [0.29, 0.717) is 5.56 Å². The van der Waals surface area contributed by atoms with Gasteiger partial charge in [-0.2, -0.15) is 0 Å². The fourth-order valence-corrected chi connectivity index (χ4v) is 2.73. The molecule has 0 aromatic heterocycles. The number of hydrogen-bond donors (Lipinski definition) is 2. The first-order valence-corrected chi connectivity index (χ1v) is 7.62. The molecule has 0 amide bonds. The first-order chi connectivity index (χ1) is 9.92. The van der Waals surface area contributed by atoms with Crippen molar-refractivity contribution in [3.63, 3.8) is 0 Å². The van der Waals surface area contributed by atoms with E-state index in [1.165, 1.54) is 18.2 Å². The van der Waals surface area contributed by atoms with Crippen LogP contribution in [0, 0.1) is 11.6 Å². The topological polar surface area (TPSA) is 58.2 Å². The second-order valence-electron chi connectivity index (χ2n) is 4.35. The molecule has 21 heavy (non-hydrogen) atoms. The van der Waals surface area contributed by atoms with Gasteiger partial charge in [-0.05, 0) is 42.0 Å². The van der Waals surface area contributed by atoms with Crippen LogP contribution >= 0.6 is 0 Å². The van der Waals surface area contributed by atoms with E-state index in [0.717, 1.165) is 17.8 Å². The number of rotatable bonds is 5. The van der Waals surface area contributed by atoms with E-state index in [1.807, 2.05) is 0 Å². The van der Waals surface area contributed by atoms with Crippen LogP contribution in [0.15, 0.2) is 47.4 Å². The molecule has 2 aromatic carbocycles. The van der Waals surface area contributed by atoms with Crippen molar-refractivity contribution in [2.24, 2.45) is 0 Å². The molecule has 0 saturated carbocycles. The predicted molar refractivity (Wildman–Crippen MR) is 76.4 cm³/mol. The zero-order valence-electron chi connectivity index (χ0n) is 11.2. The summed E-state index contributed by atoms with van der Waals surface area (Å²) in [6, 6.07) is 9.42. The number of nitrogens with one attached hydrogen (secondary N) is 2. The van der Waals surface area contributed by atoms with Gasteiger partial charge in [-0.15, -0.1) is 0 Å². The third-order valence-corrected chi connectivity index (χ3v) is 4.32. The normalized spacial score (nSPS) is 11.4. The van der Waals surface area contributed by atoms with Crippen LogP contribution in [0.2, 0.25) is 0 Å². The van der Waals surface area contributed by atoms with Crippen molar-refractivity contribution in [3.05, 3.63) is 59.7 Å². The molecule has 0 aliphatic carbocycles. The van der Waals surface area contributed by atoms with Crippen molar-refractivity contribution in [2.75, 3.05) is 12.4 Å². The van der Waals surface area contributed by atoms with E-state index in [4.69, 9.17) is 0 Å². The Bertz CT molecular complexity index is 731.